The first-order valence-corrected chi connectivity index (χ1v) is 20.4. The zero-order valence-corrected chi connectivity index (χ0v) is 34.8. The minimum Gasteiger partial charge on any atom is -0.479 e. The lowest BCUT2D eigenvalue weighted by atomic mass is 9.99. The molecule has 6 aromatic rings. The van der Waals surface area contributed by atoms with Crippen molar-refractivity contribution in [3.05, 3.63) is 178 Å². The van der Waals surface area contributed by atoms with E-state index in [0.717, 1.165) is 28.0 Å². The Morgan fingerprint density at radius 2 is 0.985 bits per heavy atom. The van der Waals surface area contributed by atoms with Crippen LogP contribution >= 0.6 is 11.3 Å². The third-order valence-corrected chi connectivity index (χ3v) is 10.4. The van der Waals surface area contributed by atoms with E-state index in [9.17, 15) is 54.0 Å². The predicted molar refractivity (Wildman–Crippen MR) is 239 cm³/mol. The maximum atomic E-state index is 12.7. The van der Waals surface area contributed by atoms with Crippen LogP contribution < -0.4 is 21.3 Å². The number of carbonyl (C=O) groups excluding carboxylic acids is 3. The number of carbonyl (C=O) groups is 7. The summed E-state index contributed by atoms with van der Waals surface area (Å²) in [6, 6.07) is 35.1. The van der Waals surface area contributed by atoms with E-state index in [4.69, 9.17) is 10.2 Å². The molecule has 17 nitrogen and oxygen atoms in total. The van der Waals surface area contributed by atoms with Crippen LogP contribution in [0.15, 0.2) is 145 Å². The van der Waals surface area contributed by atoms with Crippen LogP contribution in [0.1, 0.15) is 52.6 Å². The summed E-state index contributed by atoms with van der Waals surface area (Å²) in [5, 5.41) is 68.6. The number of amides is 4. The van der Waals surface area contributed by atoms with Crippen molar-refractivity contribution in [2.24, 2.45) is 0 Å². The Balaban J connectivity index is 0.000000245. The molecule has 1 aromatic heterocycles. The topological polar surface area (TPSA) is 289 Å². The minimum absolute atomic E-state index is 0.0271. The molecule has 0 bridgehead atoms. The highest BCUT2D eigenvalue weighted by Gasteiger charge is 2.29. The fraction of sp³-hybridized carbons (Fsp3) is 0.128. The van der Waals surface area contributed by atoms with Crippen molar-refractivity contribution < 1.29 is 64.2 Å². The molecule has 65 heavy (non-hydrogen) atoms. The van der Waals surface area contributed by atoms with Crippen LogP contribution in [0.2, 0.25) is 0 Å². The average Bonchev–Trinajstić information content (AvgIpc) is 3.77. The van der Waals surface area contributed by atoms with E-state index in [1.54, 1.807) is 96.4 Å². The maximum absolute atomic E-state index is 12.7. The van der Waals surface area contributed by atoms with Crippen LogP contribution in [0.3, 0.4) is 0 Å². The lowest BCUT2D eigenvalue weighted by molar-refractivity contribution is -0.148. The average molecular weight is 903 g/mol. The van der Waals surface area contributed by atoms with Crippen LogP contribution in [0.4, 0.5) is 15.5 Å². The highest BCUT2D eigenvalue weighted by Crippen LogP contribution is 2.24. The van der Waals surface area contributed by atoms with Crippen LogP contribution in [-0.2, 0) is 22.4 Å². The molecule has 1 heterocycles. The van der Waals surface area contributed by atoms with Crippen molar-refractivity contribution in [1.29, 1.82) is 0 Å². The molecular weight excluding hydrogens is 861 g/mol. The Morgan fingerprint density at radius 1 is 0.492 bits per heavy atom. The van der Waals surface area contributed by atoms with E-state index in [0.29, 0.717) is 11.3 Å². The number of hydrogen-bond acceptors (Lipinski definition) is 10. The number of carboxylic acids is 4. The second kappa shape index (κ2) is 22.8. The van der Waals surface area contributed by atoms with Crippen molar-refractivity contribution in [2.45, 2.75) is 37.1 Å². The molecule has 0 radical (unpaired) electrons. The number of aliphatic hydroxyl groups excluding tert-OH is 2. The molecule has 10 N–H and O–H groups in total. The lowest BCUT2D eigenvalue weighted by Crippen LogP contribution is -2.48. The zero-order valence-electron chi connectivity index (χ0n) is 34.0. The molecule has 0 fully saturated rings. The van der Waals surface area contributed by atoms with Gasteiger partial charge in [0.15, 0.2) is 12.2 Å². The van der Waals surface area contributed by atoms with E-state index in [1.165, 1.54) is 42.5 Å². The van der Waals surface area contributed by atoms with Crippen molar-refractivity contribution in [3.8, 4) is 11.1 Å². The smallest absolute Gasteiger partial charge is 0.338 e. The molecule has 18 heteroatoms. The summed E-state index contributed by atoms with van der Waals surface area (Å²) in [5.74, 6) is -6.18. The van der Waals surface area contributed by atoms with Gasteiger partial charge >= 0.3 is 29.9 Å². The van der Waals surface area contributed by atoms with Gasteiger partial charge in [-0.2, -0.15) is 0 Å². The van der Waals surface area contributed by atoms with E-state index < -0.39 is 66.0 Å². The highest BCUT2D eigenvalue weighted by atomic mass is 32.1. The highest BCUT2D eigenvalue weighted by molar-refractivity contribution is 7.14. The van der Waals surface area contributed by atoms with Gasteiger partial charge < -0.3 is 46.6 Å². The molecule has 0 saturated carbocycles. The molecule has 0 aliphatic heterocycles. The van der Waals surface area contributed by atoms with Gasteiger partial charge in [-0.3, -0.25) is 14.9 Å². The standard InChI is InChI=1S/C24H21NO6.C23H21N3O7S/c26-21(24(30)31)20(13-15-5-2-1-3-6-15)25-22(27)17-11-9-16(10-12-17)18-7-4-8-19(14-18)23(28)29;27-18(22(31)32)17(12-13-4-2-1-3-5-13)25-19(28)14-6-8-15(9-7-14)24-23(33)26-20-16(21(29)30)10-11-34-20/h1-12,14,20-21,26H,13H2,(H,25,27)(H,28,29)(H,30,31);1-11,17-18,27H,12H2,(H,25,28)(H,29,30)(H,31,32)(H2,24,26,33)/t20-,21-;17-,18-/m11/s1. The number of urea groups is 1. The normalized spacial score (nSPS) is 12.4. The second-order valence-corrected chi connectivity index (χ2v) is 15.1. The molecule has 0 aliphatic carbocycles. The summed E-state index contributed by atoms with van der Waals surface area (Å²) in [5.41, 5.74) is 3.89. The summed E-state index contributed by atoms with van der Waals surface area (Å²) in [6.45, 7) is 0. The second-order valence-electron chi connectivity index (χ2n) is 14.2. The van der Waals surface area contributed by atoms with Crippen molar-refractivity contribution in [3.63, 3.8) is 0 Å². The van der Waals surface area contributed by atoms with Gasteiger partial charge in [-0.15, -0.1) is 11.3 Å². The van der Waals surface area contributed by atoms with Gasteiger partial charge in [0.1, 0.15) is 5.00 Å². The molecule has 334 valence electrons. The van der Waals surface area contributed by atoms with Gasteiger partial charge in [0, 0.05) is 16.8 Å². The van der Waals surface area contributed by atoms with Gasteiger partial charge in [-0.1, -0.05) is 84.9 Å². The number of aliphatic carboxylic acids is 2. The van der Waals surface area contributed by atoms with Crippen LogP contribution in [0.5, 0.6) is 0 Å². The van der Waals surface area contributed by atoms with Crippen molar-refractivity contribution in [2.75, 3.05) is 10.6 Å². The van der Waals surface area contributed by atoms with E-state index in [1.807, 2.05) is 6.07 Å². The van der Waals surface area contributed by atoms with Gasteiger partial charge in [-0.05, 0) is 95.1 Å². The molecule has 0 unspecified atom stereocenters. The predicted octanol–water partition coefficient (Wildman–Crippen LogP) is 5.72. The number of carboxylic acid groups (broad SMARTS) is 4. The summed E-state index contributed by atoms with van der Waals surface area (Å²) < 4.78 is 0. The Hall–Kier alpha value is -8.19. The number of rotatable bonds is 17. The Kier molecular flexibility index (Phi) is 16.8. The van der Waals surface area contributed by atoms with Gasteiger partial charge in [-0.25, -0.2) is 24.0 Å². The number of nitrogens with one attached hydrogen (secondary N) is 4. The summed E-state index contributed by atoms with van der Waals surface area (Å²) >= 11 is 1.07. The number of hydrogen-bond donors (Lipinski definition) is 10. The molecule has 0 saturated heterocycles. The monoisotopic (exact) mass is 902 g/mol. The molecule has 4 amide bonds. The third-order valence-electron chi connectivity index (χ3n) is 9.62. The van der Waals surface area contributed by atoms with E-state index >= 15 is 0 Å². The van der Waals surface area contributed by atoms with E-state index in [-0.39, 0.29) is 40.1 Å². The molecule has 6 rings (SSSR count). The minimum atomic E-state index is -1.80. The third kappa shape index (κ3) is 13.9. The molecule has 5 aromatic carbocycles. The number of aliphatic hydroxyl groups is 2. The SMILES string of the molecule is O=C(Nc1ccc(C(=O)N[C@H](Cc2ccccc2)[C@@H](O)C(=O)O)cc1)Nc1sccc1C(=O)O.O=C(O)c1cccc(-c2ccc(C(=O)N[C@H](Cc3ccccc3)[C@@H](O)C(=O)O)cc2)c1. The number of aromatic carboxylic acids is 2. The van der Waals surface area contributed by atoms with Gasteiger partial charge in [0.25, 0.3) is 11.8 Å². The lowest BCUT2D eigenvalue weighted by Gasteiger charge is -2.22. The van der Waals surface area contributed by atoms with Crippen LogP contribution in [-0.4, -0.2) is 96.7 Å². The zero-order chi connectivity index (χ0) is 47.0. The first-order chi connectivity index (χ1) is 31.1. The summed E-state index contributed by atoms with van der Waals surface area (Å²) in [6.07, 6.45) is -3.30. The van der Waals surface area contributed by atoms with Crippen LogP contribution in [0, 0.1) is 0 Å². The largest absolute Gasteiger partial charge is 0.479 e. The first kappa shape index (κ1) is 47.9. The Morgan fingerprint density at radius 3 is 1.45 bits per heavy atom. The summed E-state index contributed by atoms with van der Waals surface area (Å²) in [7, 11) is 0. The quantitative estimate of drug-likeness (QED) is 0.0525. The van der Waals surface area contributed by atoms with Crippen LogP contribution in [0.25, 0.3) is 11.1 Å². The van der Waals surface area contributed by atoms with Gasteiger partial charge in [0.2, 0.25) is 0 Å². The van der Waals surface area contributed by atoms with E-state index in [2.05, 4.69) is 21.3 Å². The van der Waals surface area contributed by atoms with Gasteiger partial charge in [0.05, 0.1) is 23.2 Å². The maximum Gasteiger partial charge on any atom is 0.338 e. The molecule has 0 aliphatic rings. The fourth-order valence-electron chi connectivity index (χ4n) is 6.26. The first-order valence-electron chi connectivity index (χ1n) is 19.5. The fourth-order valence-corrected chi connectivity index (χ4v) is 7.03. The molecule has 4 atom stereocenters. The number of thiophene rings is 1. The molecular formula is C47H42N4O13S. The van der Waals surface area contributed by atoms with Crippen molar-refractivity contribution in [1.82, 2.24) is 10.6 Å². The van der Waals surface area contributed by atoms with Crippen molar-refractivity contribution >= 4 is 63.7 Å². The molecule has 0 spiro atoms. The Labute approximate surface area is 374 Å². The summed E-state index contributed by atoms with van der Waals surface area (Å²) in [4.78, 5) is 82.3. The Bertz CT molecular complexity index is 2620. The number of benzene rings is 5. The number of anilines is 2.